The molecule has 1 fully saturated rings. The Morgan fingerprint density at radius 2 is 2.42 bits per heavy atom. The molecule has 0 bridgehead atoms. The van der Waals surface area contributed by atoms with Gasteiger partial charge in [-0.3, -0.25) is 4.79 Å². The molecule has 0 aliphatic carbocycles. The molecule has 1 unspecified atom stereocenters. The number of nitrogen functional groups attached to an aromatic ring is 1. The van der Waals surface area contributed by atoms with E-state index in [0.29, 0.717) is 23.4 Å². The van der Waals surface area contributed by atoms with Crippen molar-refractivity contribution in [1.29, 1.82) is 5.26 Å². The number of nitrogens with zero attached hydrogens (tertiary/aromatic N) is 1. The third kappa shape index (κ3) is 3.70. The zero-order valence-corrected chi connectivity index (χ0v) is 10.7. The number of nitriles is 1. The fraction of sp³-hybridized carbons (Fsp3) is 0.429. The molecule has 5 nitrogen and oxygen atoms in total. The van der Waals surface area contributed by atoms with Crippen LogP contribution in [-0.4, -0.2) is 18.6 Å². The highest BCUT2D eigenvalue weighted by Crippen LogP contribution is 2.21. The predicted octanol–water partition coefficient (Wildman–Crippen LogP) is 2.04. The Kier molecular flexibility index (Phi) is 4.37. The second-order valence-electron chi connectivity index (χ2n) is 4.64. The molecule has 1 aromatic carbocycles. The lowest BCUT2D eigenvalue weighted by Crippen LogP contribution is -2.16. The number of anilines is 2. The van der Waals surface area contributed by atoms with Gasteiger partial charge in [-0.15, -0.1) is 0 Å². The van der Waals surface area contributed by atoms with E-state index in [-0.39, 0.29) is 12.0 Å². The number of carbonyl (C=O) groups is 1. The first-order valence-corrected chi connectivity index (χ1v) is 6.40. The lowest BCUT2D eigenvalue weighted by atomic mass is 10.1. The topological polar surface area (TPSA) is 88.1 Å². The first-order valence-electron chi connectivity index (χ1n) is 6.40. The van der Waals surface area contributed by atoms with Crippen molar-refractivity contribution in [2.75, 3.05) is 17.7 Å². The molecule has 1 heterocycles. The highest BCUT2D eigenvalue weighted by atomic mass is 16.5. The van der Waals surface area contributed by atoms with Crippen LogP contribution in [0.2, 0.25) is 0 Å². The quantitative estimate of drug-likeness (QED) is 0.810. The summed E-state index contributed by atoms with van der Waals surface area (Å²) in [5.41, 5.74) is 7.21. The lowest BCUT2D eigenvalue weighted by molar-refractivity contribution is -0.116. The van der Waals surface area contributed by atoms with E-state index in [9.17, 15) is 4.79 Å². The third-order valence-corrected chi connectivity index (χ3v) is 3.17. The molecule has 19 heavy (non-hydrogen) atoms. The minimum Gasteiger partial charge on any atom is -0.397 e. The van der Waals surface area contributed by atoms with Crippen LogP contribution in [-0.2, 0) is 9.53 Å². The van der Waals surface area contributed by atoms with Crippen LogP contribution in [0.1, 0.15) is 31.2 Å². The number of amides is 1. The highest BCUT2D eigenvalue weighted by Gasteiger charge is 2.16. The van der Waals surface area contributed by atoms with E-state index in [1.165, 1.54) is 0 Å². The number of nitrogens with two attached hydrogens (primary N) is 1. The number of benzene rings is 1. The van der Waals surface area contributed by atoms with Crippen LogP contribution < -0.4 is 11.1 Å². The zero-order chi connectivity index (χ0) is 13.7. The molecule has 0 aromatic heterocycles. The molecule has 3 N–H and O–H groups in total. The Morgan fingerprint density at radius 3 is 3.05 bits per heavy atom. The molecule has 1 aromatic rings. The molecule has 1 aliphatic heterocycles. The maximum atomic E-state index is 11.8. The summed E-state index contributed by atoms with van der Waals surface area (Å²) in [4.78, 5) is 11.8. The molecule has 1 amide bonds. The van der Waals surface area contributed by atoms with E-state index in [2.05, 4.69) is 5.32 Å². The van der Waals surface area contributed by atoms with Crippen LogP contribution in [0.5, 0.6) is 0 Å². The van der Waals surface area contributed by atoms with Gasteiger partial charge in [-0.1, -0.05) is 0 Å². The minimum atomic E-state index is -0.0769. The maximum Gasteiger partial charge on any atom is 0.224 e. The molecular formula is C14H17N3O2. The van der Waals surface area contributed by atoms with E-state index < -0.39 is 0 Å². The fourth-order valence-electron chi connectivity index (χ4n) is 2.12. The Hall–Kier alpha value is -2.06. The van der Waals surface area contributed by atoms with Gasteiger partial charge >= 0.3 is 0 Å². The highest BCUT2D eigenvalue weighted by molar-refractivity contribution is 5.93. The van der Waals surface area contributed by atoms with Gasteiger partial charge in [0, 0.05) is 13.0 Å². The van der Waals surface area contributed by atoms with Crippen LogP contribution in [0, 0.1) is 11.3 Å². The summed E-state index contributed by atoms with van der Waals surface area (Å²) in [5, 5.41) is 11.5. The lowest BCUT2D eigenvalue weighted by Gasteiger charge is -2.10. The van der Waals surface area contributed by atoms with Crippen molar-refractivity contribution in [1.82, 2.24) is 0 Å². The average Bonchev–Trinajstić information content (AvgIpc) is 2.92. The molecule has 2 rings (SSSR count). The number of hydrogen-bond donors (Lipinski definition) is 2. The number of nitrogens with one attached hydrogen (secondary N) is 1. The smallest absolute Gasteiger partial charge is 0.224 e. The number of hydrogen-bond acceptors (Lipinski definition) is 4. The van der Waals surface area contributed by atoms with Crippen molar-refractivity contribution < 1.29 is 9.53 Å². The molecule has 0 spiro atoms. The van der Waals surface area contributed by atoms with Crippen LogP contribution in [0.4, 0.5) is 11.4 Å². The van der Waals surface area contributed by atoms with Crippen molar-refractivity contribution in [2.24, 2.45) is 0 Å². The van der Waals surface area contributed by atoms with Crippen molar-refractivity contribution in [2.45, 2.75) is 31.8 Å². The molecule has 0 saturated carbocycles. The summed E-state index contributed by atoms with van der Waals surface area (Å²) in [7, 11) is 0. The van der Waals surface area contributed by atoms with E-state index in [1.807, 2.05) is 6.07 Å². The largest absolute Gasteiger partial charge is 0.397 e. The number of ether oxygens (including phenoxy) is 1. The summed E-state index contributed by atoms with van der Waals surface area (Å²) >= 11 is 0. The van der Waals surface area contributed by atoms with Gasteiger partial charge in [0.05, 0.1) is 29.1 Å². The van der Waals surface area contributed by atoms with Gasteiger partial charge in [0.15, 0.2) is 0 Å². The van der Waals surface area contributed by atoms with E-state index in [0.717, 1.165) is 25.9 Å². The standard InChI is InChI=1S/C14H17N3O2/c15-9-10-3-5-13(12(16)8-10)17-14(18)6-4-11-2-1-7-19-11/h3,5,8,11H,1-2,4,6-7,16H2,(H,17,18). The summed E-state index contributed by atoms with van der Waals surface area (Å²) in [6.45, 7) is 0.800. The van der Waals surface area contributed by atoms with Gasteiger partial charge in [0.1, 0.15) is 0 Å². The molecule has 100 valence electrons. The Balaban J connectivity index is 1.86. The SMILES string of the molecule is N#Cc1ccc(NC(=O)CCC2CCCO2)c(N)c1. The summed E-state index contributed by atoms with van der Waals surface area (Å²) in [6.07, 6.45) is 3.48. The number of rotatable bonds is 4. The maximum absolute atomic E-state index is 11.8. The van der Waals surface area contributed by atoms with E-state index in [4.69, 9.17) is 15.7 Å². The van der Waals surface area contributed by atoms with Crippen LogP contribution in [0.25, 0.3) is 0 Å². The van der Waals surface area contributed by atoms with Crippen molar-refractivity contribution in [3.8, 4) is 6.07 Å². The van der Waals surface area contributed by atoms with Crippen molar-refractivity contribution in [3.05, 3.63) is 23.8 Å². The average molecular weight is 259 g/mol. The van der Waals surface area contributed by atoms with Gasteiger partial charge in [-0.05, 0) is 37.5 Å². The summed E-state index contributed by atoms with van der Waals surface area (Å²) < 4.78 is 5.47. The van der Waals surface area contributed by atoms with Gasteiger partial charge in [-0.25, -0.2) is 0 Å². The van der Waals surface area contributed by atoms with Crippen LogP contribution >= 0.6 is 0 Å². The third-order valence-electron chi connectivity index (χ3n) is 3.17. The first kappa shape index (κ1) is 13.4. The van der Waals surface area contributed by atoms with E-state index >= 15 is 0 Å². The van der Waals surface area contributed by atoms with Crippen LogP contribution in [0.15, 0.2) is 18.2 Å². The fourth-order valence-corrected chi connectivity index (χ4v) is 2.12. The molecule has 1 aliphatic rings. The molecule has 1 atom stereocenters. The van der Waals surface area contributed by atoms with Gasteiger partial charge in [-0.2, -0.15) is 5.26 Å². The Bertz CT molecular complexity index is 502. The van der Waals surface area contributed by atoms with Gasteiger partial charge in [0.2, 0.25) is 5.91 Å². The normalized spacial score (nSPS) is 17.9. The molecular weight excluding hydrogens is 242 g/mol. The summed E-state index contributed by atoms with van der Waals surface area (Å²) in [6, 6.07) is 6.83. The molecule has 5 heteroatoms. The first-order chi connectivity index (χ1) is 9.19. The van der Waals surface area contributed by atoms with Crippen LogP contribution in [0.3, 0.4) is 0 Å². The van der Waals surface area contributed by atoms with Crippen molar-refractivity contribution >= 4 is 17.3 Å². The van der Waals surface area contributed by atoms with E-state index in [1.54, 1.807) is 18.2 Å². The monoisotopic (exact) mass is 259 g/mol. The second-order valence-corrected chi connectivity index (χ2v) is 4.64. The van der Waals surface area contributed by atoms with Gasteiger partial charge < -0.3 is 15.8 Å². The van der Waals surface area contributed by atoms with Crippen molar-refractivity contribution in [3.63, 3.8) is 0 Å². The minimum absolute atomic E-state index is 0.0769. The molecule has 0 radical (unpaired) electrons. The predicted molar refractivity (Wildman–Crippen MR) is 72.4 cm³/mol. The van der Waals surface area contributed by atoms with Gasteiger partial charge in [0.25, 0.3) is 0 Å². The molecule has 1 saturated heterocycles. The zero-order valence-electron chi connectivity index (χ0n) is 10.7. The Morgan fingerprint density at radius 1 is 1.58 bits per heavy atom. The Labute approximate surface area is 112 Å². The summed E-state index contributed by atoms with van der Waals surface area (Å²) in [5.74, 6) is -0.0769. The number of carbonyl (C=O) groups excluding carboxylic acids is 1. The second kappa shape index (κ2) is 6.21.